The molecule has 0 saturated heterocycles. The van der Waals surface area contributed by atoms with Crippen LogP contribution in [0.1, 0.15) is 0 Å². The first-order valence-corrected chi connectivity index (χ1v) is 4.47. The molecule has 10 heavy (non-hydrogen) atoms. The van der Waals surface area contributed by atoms with Crippen LogP contribution in [0.3, 0.4) is 0 Å². The van der Waals surface area contributed by atoms with Gasteiger partial charge in [0.05, 0.1) is 0 Å². The van der Waals surface area contributed by atoms with Crippen LogP contribution in [-0.4, -0.2) is 0 Å². The van der Waals surface area contributed by atoms with Crippen molar-refractivity contribution >= 4 is 27.7 Å². The lowest BCUT2D eigenvalue weighted by Crippen LogP contribution is -1.65. The quantitative estimate of drug-likeness (QED) is 0.678. The zero-order valence-electron chi connectivity index (χ0n) is 5.38. The number of halogens is 1. The van der Waals surface area contributed by atoms with Crippen molar-refractivity contribution in [2.75, 3.05) is 0 Å². The number of rotatable bonds is 2. The van der Waals surface area contributed by atoms with Crippen molar-refractivity contribution in [1.29, 1.82) is 0 Å². The molecule has 0 aromatic heterocycles. The van der Waals surface area contributed by atoms with Crippen LogP contribution in [0.4, 0.5) is 0 Å². The molecule has 0 radical (unpaired) electrons. The molecule has 0 spiro atoms. The molecule has 0 amide bonds. The minimum absolute atomic E-state index is 0.943. The summed E-state index contributed by atoms with van der Waals surface area (Å²) in [6, 6.07) is 10.1. The van der Waals surface area contributed by atoms with Crippen LogP contribution in [-0.2, 0) is 0 Å². The van der Waals surface area contributed by atoms with Crippen LogP contribution in [0.15, 0.2) is 45.6 Å². The third kappa shape index (κ3) is 2.58. The van der Waals surface area contributed by atoms with E-state index in [1.165, 1.54) is 4.90 Å². The monoisotopic (exact) mass is 214 g/mol. The lowest BCUT2D eigenvalue weighted by Gasteiger charge is -1.95. The minimum Gasteiger partial charge on any atom is -0.0831 e. The second kappa shape index (κ2) is 3.84. The van der Waals surface area contributed by atoms with Gasteiger partial charge in [-0.3, -0.25) is 0 Å². The third-order valence-corrected chi connectivity index (χ3v) is 2.19. The van der Waals surface area contributed by atoms with Gasteiger partial charge < -0.3 is 0 Å². The number of benzene rings is 1. The maximum atomic E-state index is 3.73. The molecule has 0 unspecified atom stereocenters. The molecule has 0 aliphatic heterocycles. The largest absolute Gasteiger partial charge is 0.0831 e. The van der Waals surface area contributed by atoms with Gasteiger partial charge in [-0.2, -0.15) is 0 Å². The van der Waals surface area contributed by atoms with E-state index in [-0.39, 0.29) is 0 Å². The smallest absolute Gasteiger partial charge is 0.0479 e. The molecular formula is C8H7BrS. The van der Waals surface area contributed by atoms with E-state index in [9.17, 15) is 0 Å². The average molecular weight is 215 g/mol. The van der Waals surface area contributed by atoms with Gasteiger partial charge in [0.25, 0.3) is 0 Å². The van der Waals surface area contributed by atoms with E-state index in [0.29, 0.717) is 0 Å². The zero-order valence-corrected chi connectivity index (χ0v) is 7.78. The fraction of sp³-hybridized carbons (Fsp3) is 0. The van der Waals surface area contributed by atoms with Gasteiger partial charge in [-0.05, 0) is 28.1 Å². The molecule has 0 bridgehead atoms. The molecule has 0 aliphatic rings. The topological polar surface area (TPSA) is 0 Å². The van der Waals surface area contributed by atoms with Crippen LogP contribution in [0, 0.1) is 0 Å². The van der Waals surface area contributed by atoms with Crippen molar-refractivity contribution in [3.8, 4) is 0 Å². The van der Waals surface area contributed by atoms with Crippen molar-refractivity contribution in [3.63, 3.8) is 0 Å². The molecule has 0 N–H and O–H groups in total. The first-order chi connectivity index (χ1) is 4.79. The molecule has 0 fully saturated rings. The number of hydrogen-bond acceptors (Lipinski definition) is 1. The molecule has 1 rings (SSSR count). The van der Waals surface area contributed by atoms with Crippen LogP contribution >= 0.6 is 27.7 Å². The van der Waals surface area contributed by atoms with E-state index >= 15 is 0 Å². The Labute approximate surface area is 73.5 Å². The highest BCUT2D eigenvalue weighted by molar-refractivity contribution is 9.14. The molecular weight excluding hydrogens is 208 g/mol. The highest BCUT2D eigenvalue weighted by Crippen LogP contribution is 2.28. The van der Waals surface area contributed by atoms with Gasteiger partial charge in [-0.25, -0.2) is 0 Å². The number of hydrogen-bond donors (Lipinski definition) is 0. The van der Waals surface area contributed by atoms with Crippen LogP contribution in [0.5, 0.6) is 0 Å². The van der Waals surface area contributed by atoms with E-state index in [1.54, 1.807) is 11.8 Å². The molecule has 0 nitrogen and oxygen atoms in total. The van der Waals surface area contributed by atoms with Gasteiger partial charge in [0.1, 0.15) is 0 Å². The molecule has 0 saturated carbocycles. The Morgan fingerprint density at radius 2 is 1.90 bits per heavy atom. The van der Waals surface area contributed by atoms with Crippen molar-refractivity contribution in [1.82, 2.24) is 0 Å². The maximum absolute atomic E-state index is 3.73. The van der Waals surface area contributed by atoms with Crippen molar-refractivity contribution in [3.05, 3.63) is 40.7 Å². The highest BCUT2D eigenvalue weighted by atomic mass is 79.9. The fourth-order valence-corrected chi connectivity index (χ4v) is 1.73. The normalized spacial score (nSPS) is 9.30. The Hall–Kier alpha value is -0.210. The summed E-state index contributed by atoms with van der Waals surface area (Å²) in [5, 5.41) is 0. The van der Waals surface area contributed by atoms with E-state index in [0.717, 1.165) is 3.81 Å². The van der Waals surface area contributed by atoms with Crippen LogP contribution in [0.2, 0.25) is 0 Å². The summed E-state index contributed by atoms with van der Waals surface area (Å²) in [6.07, 6.45) is 0. The van der Waals surface area contributed by atoms with Crippen molar-refractivity contribution in [2.45, 2.75) is 4.90 Å². The van der Waals surface area contributed by atoms with E-state index < -0.39 is 0 Å². The lowest BCUT2D eigenvalue weighted by atomic mass is 10.4. The van der Waals surface area contributed by atoms with Gasteiger partial charge in [0.2, 0.25) is 0 Å². The van der Waals surface area contributed by atoms with Gasteiger partial charge in [-0.15, -0.1) is 0 Å². The summed E-state index contributed by atoms with van der Waals surface area (Å²) in [5.41, 5.74) is 0. The second-order valence-electron chi connectivity index (χ2n) is 1.77. The first kappa shape index (κ1) is 7.89. The zero-order chi connectivity index (χ0) is 7.40. The predicted molar refractivity (Wildman–Crippen MR) is 50.4 cm³/mol. The Kier molecular flexibility index (Phi) is 3.03. The molecule has 0 heterocycles. The standard InChI is InChI=1S/C8H7BrS/c1-7(9)10-8-5-3-2-4-6-8/h2-6H,1H2. The third-order valence-electron chi connectivity index (χ3n) is 0.972. The SMILES string of the molecule is C=C(Br)Sc1ccccc1. The Morgan fingerprint density at radius 3 is 2.40 bits per heavy atom. The molecule has 0 aliphatic carbocycles. The van der Waals surface area contributed by atoms with Crippen molar-refractivity contribution in [2.24, 2.45) is 0 Å². The summed E-state index contributed by atoms with van der Waals surface area (Å²) in [4.78, 5) is 1.21. The summed E-state index contributed by atoms with van der Waals surface area (Å²) in [7, 11) is 0. The van der Waals surface area contributed by atoms with Crippen LogP contribution in [0.25, 0.3) is 0 Å². The summed E-state index contributed by atoms with van der Waals surface area (Å²) in [6.45, 7) is 3.73. The molecule has 2 heteroatoms. The predicted octanol–water partition coefficient (Wildman–Crippen LogP) is 3.64. The lowest BCUT2D eigenvalue weighted by molar-refractivity contribution is 1.47. The minimum atomic E-state index is 0.943. The molecule has 1 aromatic rings. The number of thioether (sulfide) groups is 1. The van der Waals surface area contributed by atoms with E-state index in [2.05, 4.69) is 34.6 Å². The first-order valence-electron chi connectivity index (χ1n) is 2.86. The molecule has 52 valence electrons. The van der Waals surface area contributed by atoms with Crippen molar-refractivity contribution < 1.29 is 0 Å². The molecule has 0 atom stereocenters. The van der Waals surface area contributed by atoms with Gasteiger partial charge in [0.15, 0.2) is 0 Å². The maximum Gasteiger partial charge on any atom is 0.0479 e. The van der Waals surface area contributed by atoms with Crippen LogP contribution < -0.4 is 0 Å². The van der Waals surface area contributed by atoms with Gasteiger partial charge in [0, 0.05) is 8.71 Å². The van der Waals surface area contributed by atoms with Gasteiger partial charge >= 0.3 is 0 Å². The fourth-order valence-electron chi connectivity index (χ4n) is 0.616. The van der Waals surface area contributed by atoms with Gasteiger partial charge in [-0.1, -0.05) is 36.5 Å². The summed E-state index contributed by atoms with van der Waals surface area (Å²) >= 11 is 4.90. The van der Waals surface area contributed by atoms with E-state index in [4.69, 9.17) is 0 Å². The van der Waals surface area contributed by atoms with E-state index in [1.807, 2.05) is 18.2 Å². The average Bonchev–Trinajstić information content (AvgIpc) is 1.88. The summed E-state index contributed by atoms with van der Waals surface area (Å²) in [5.74, 6) is 0. The second-order valence-corrected chi connectivity index (χ2v) is 4.42. The molecule has 1 aromatic carbocycles. The Balaban J connectivity index is 2.67. The summed E-state index contributed by atoms with van der Waals surface area (Å²) < 4.78 is 0.943. The Morgan fingerprint density at radius 1 is 1.30 bits per heavy atom. The highest BCUT2D eigenvalue weighted by Gasteiger charge is 1.90. The Bertz CT molecular complexity index is 218.